The number of fused-ring (bicyclic) bond motifs is 2. The van der Waals surface area contributed by atoms with E-state index in [2.05, 4.69) is 4.98 Å². The third kappa shape index (κ3) is 2.76. The van der Waals surface area contributed by atoms with Gasteiger partial charge in [-0.1, -0.05) is 54.6 Å². The Bertz CT molecular complexity index is 1220. The molecule has 4 aromatic rings. The molecule has 0 aliphatic carbocycles. The number of hydrogen-bond acceptors (Lipinski definition) is 4. The van der Waals surface area contributed by atoms with Crippen LogP contribution in [0.3, 0.4) is 0 Å². The first kappa shape index (κ1) is 16.4. The molecule has 0 saturated carbocycles. The van der Waals surface area contributed by atoms with Crippen LogP contribution in [0, 0.1) is 0 Å². The molecule has 0 unspecified atom stereocenters. The van der Waals surface area contributed by atoms with Crippen LogP contribution in [0.2, 0.25) is 0 Å². The van der Waals surface area contributed by atoms with Crippen molar-refractivity contribution >= 4 is 22.8 Å². The number of para-hydroxylation sites is 1. The highest BCUT2D eigenvalue weighted by Crippen LogP contribution is 2.37. The summed E-state index contributed by atoms with van der Waals surface area (Å²) in [6.07, 6.45) is 5.14. The lowest BCUT2D eigenvalue weighted by Gasteiger charge is -2.22. The van der Waals surface area contributed by atoms with E-state index in [0.717, 1.165) is 27.6 Å². The Morgan fingerprint density at radius 1 is 0.893 bits per heavy atom. The van der Waals surface area contributed by atoms with Gasteiger partial charge in [-0.05, 0) is 29.3 Å². The number of rotatable bonds is 2. The van der Waals surface area contributed by atoms with E-state index in [9.17, 15) is 4.79 Å². The van der Waals surface area contributed by atoms with Crippen molar-refractivity contribution in [3.05, 3.63) is 102 Å². The Morgan fingerprint density at radius 3 is 2.54 bits per heavy atom. The summed E-state index contributed by atoms with van der Waals surface area (Å²) in [4.78, 5) is 22.2. The molecule has 134 valence electrons. The van der Waals surface area contributed by atoms with Gasteiger partial charge in [0, 0.05) is 23.3 Å². The fourth-order valence-electron chi connectivity index (χ4n) is 3.57. The third-order valence-electron chi connectivity index (χ3n) is 4.83. The summed E-state index contributed by atoms with van der Waals surface area (Å²) in [5, 5.41) is 0.962. The van der Waals surface area contributed by atoms with E-state index in [0.29, 0.717) is 17.0 Å². The minimum Gasteiger partial charge on any atom is -0.483 e. The molecule has 0 saturated heterocycles. The van der Waals surface area contributed by atoms with E-state index in [1.165, 1.54) is 0 Å². The minimum absolute atomic E-state index is 0.151. The molecule has 4 heteroatoms. The number of ketones is 1. The smallest absolute Gasteiger partial charge is 0.230 e. The largest absolute Gasteiger partial charge is 0.483 e. The Morgan fingerprint density at radius 2 is 1.71 bits per heavy atom. The molecule has 0 bridgehead atoms. The number of carbonyl (C=O) groups excluding carboxylic acids is 1. The van der Waals surface area contributed by atoms with Gasteiger partial charge < -0.3 is 4.74 Å². The fourth-order valence-corrected chi connectivity index (χ4v) is 3.57. The first-order valence-corrected chi connectivity index (χ1v) is 9.07. The minimum atomic E-state index is -0.151. The average molecular weight is 364 g/mol. The lowest BCUT2D eigenvalue weighted by atomic mass is 9.90. The first-order chi connectivity index (χ1) is 13.8. The summed E-state index contributed by atoms with van der Waals surface area (Å²) >= 11 is 0. The van der Waals surface area contributed by atoms with Crippen LogP contribution in [0.1, 0.15) is 21.6 Å². The van der Waals surface area contributed by atoms with E-state index in [4.69, 9.17) is 9.72 Å². The molecule has 1 aliphatic rings. The Balaban J connectivity index is 1.76. The van der Waals surface area contributed by atoms with Gasteiger partial charge in [0.1, 0.15) is 6.61 Å². The van der Waals surface area contributed by atoms with Crippen LogP contribution in [-0.4, -0.2) is 15.8 Å². The summed E-state index contributed by atoms with van der Waals surface area (Å²) in [6.45, 7) is 0.262. The van der Waals surface area contributed by atoms with E-state index in [1.54, 1.807) is 18.5 Å². The van der Waals surface area contributed by atoms with Gasteiger partial charge >= 0.3 is 0 Å². The summed E-state index contributed by atoms with van der Waals surface area (Å²) in [5.74, 6) is 0.164. The molecule has 0 N–H and O–H groups in total. The molecule has 0 radical (unpaired) electrons. The van der Waals surface area contributed by atoms with Crippen LogP contribution in [-0.2, 0) is 11.3 Å². The molecular weight excluding hydrogens is 348 g/mol. The van der Waals surface area contributed by atoms with Crippen molar-refractivity contribution in [3.63, 3.8) is 0 Å². The summed E-state index contributed by atoms with van der Waals surface area (Å²) in [6, 6.07) is 21.6. The zero-order valence-electron chi connectivity index (χ0n) is 15.0. The van der Waals surface area contributed by atoms with Crippen LogP contribution in [0.15, 0.2) is 84.9 Å². The van der Waals surface area contributed by atoms with Crippen molar-refractivity contribution in [3.8, 4) is 11.1 Å². The molecule has 0 spiro atoms. The van der Waals surface area contributed by atoms with E-state index < -0.39 is 0 Å². The monoisotopic (exact) mass is 364 g/mol. The van der Waals surface area contributed by atoms with Gasteiger partial charge in [-0.25, -0.2) is 4.98 Å². The topological polar surface area (TPSA) is 52.1 Å². The summed E-state index contributed by atoms with van der Waals surface area (Å²) < 4.78 is 5.78. The molecule has 28 heavy (non-hydrogen) atoms. The van der Waals surface area contributed by atoms with Gasteiger partial charge in [-0.15, -0.1) is 0 Å². The number of ether oxygens (including phenoxy) is 1. The fraction of sp³-hybridized carbons (Fsp3) is 0.0417. The number of allylic oxidation sites excluding steroid dienone is 1. The van der Waals surface area contributed by atoms with Crippen LogP contribution in [0.25, 0.3) is 28.1 Å². The molecular formula is C24H16N2O2. The number of carbonyl (C=O) groups is 1. The van der Waals surface area contributed by atoms with Gasteiger partial charge in [0.05, 0.1) is 16.8 Å². The molecule has 4 nitrogen and oxygen atoms in total. The second-order valence-electron chi connectivity index (χ2n) is 6.60. The number of pyridine rings is 2. The summed E-state index contributed by atoms with van der Waals surface area (Å²) in [7, 11) is 0. The molecule has 1 aliphatic heterocycles. The summed E-state index contributed by atoms with van der Waals surface area (Å²) in [5.41, 5.74) is 4.87. The van der Waals surface area contributed by atoms with Gasteiger partial charge in [-0.3, -0.25) is 9.78 Å². The highest BCUT2D eigenvalue weighted by atomic mass is 16.5. The van der Waals surface area contributed by atoms with E-state index in [-0.39, 0.29) is 12.4 Å². The quantitative estimate of drug-likeness (QED) is 0.467. The highest BCUT2D eigenvalue weighted by Gasteiger charge is 2.29. The van der Waals surface area contributed by atoms with Crippen LogP contribution < -0.4 is 0 Å². The maximum absolute atomic E-state index is 13.4. The van der Waals surface area contributed by atoms with Crippen molar-refractivity contribution in [2.75, 3.05) is 0 Å². The van der Waals surface area contributed by atoms with E-state index in [1.807, 2.05) is 66.7 Å². The number of aromatic nitrogens is 2. The molecule has 0 atom stereocenters. The van der Waals surface area contributed by atoms with Crippen molar-refractivity contribution in [1.29, 1.82) is 0 Å². The van der Waals surface area contributed by atoms with Crippen LogP contribution in [0.5, 0.6) is 0 Å². The molecule has 5 rings (SSSR count). The molecule has 0 amide bonds. The number of benzene rings is 2. The standard InChI is InChI=1S/C24H16N2O2/c27-24-21(13-16-7-6-12-25-14-16)28-15-20-23(24)22(17-8-2-1-3-9-17)18-10-4-5-11-19(18)26-20/h1-14H,15H2/b21-13+. The normalized spacial score (nSPS) is 14.7. The van der Waals surface area contributed by atoms with Crippen LogP contribution >= 0.6 is 0 Å². The lowest BCUT2D eigenvalue weighted by Crippen LogP contribution is -2.19. The lowest BCUT2D eigenvalue weighted by molar-refractivity contribution is 0.0867. The molecule has 0 fully saturated rings. The molecule has 2 aromatic carbocycles. The number of Topliss-reactive ketones (excluding diaryl/α,β-unsaturated/α-hetero) is 1. The Hall–Kier alpha value is -3.79. The molecule has 3 heterocycles. The second kappa shape index (κ2) is 6.74. The maximum atomic E-state index is 13.4. The van der Waals surface area contributed by atoms with Crippen molar-refractivity contribution in [2.24, 2.45) is 0 Å². The Labute approximate surface area is 162 Å². The second-order valence-corrected chi connectivity index (χ2v) is 6.60. The van der Waals surface area contributed by atoms with Crippen molar-refractivity contribution < 1.29 is 9.53 Å². The first-order valence-electron chi connectivity index (χ1n) is 9.07. The number of hydrogen-bond donors (Lipinski definition) is 0. The van der Waals surface area contributed by atoms with Crippen LogP contribution in [0.4, 0.5) is 0 Å². The van der Waals surface area contributed by atoms with Gasteiger partial charge in [0.2, 0.25) is 5.78 Å². The SMILES string of the molecule is O=C1/C(=C\c2cccnc2)OCc2nc3ccccc3c(-c3ccccc3)c21. The highest BCUT2D eigenvalue weighted by molar-refractivity contribution is 6.18. The van der Waals surface area contributed by atoms with Gasteiger partial charge in [0.15, 0.2) is 5.76 Å². The predicted octanol–water partition coefficient (Wildman–Crippen LogP) is 5.05. The van der Waals surface area contributed by atoms with Gasteiger partial charge in [0.25, 0.3) is 0 Å². The van der Waals surface area contributed by atoms with Crippen molar-refractivity contribution in [2.45, 2.75) is 6.61 Å². The van der Waals surface area contributed by atoms with Crippen molar-refractivity contribution in [1.82, 2.24) is 9.97 Å². The average Bonchev–Trinajstić information content (AvgIpc) is 2.76. The van der Waals surface area contributed by atoms with E-state index >= 15 is 0 Å². The zero-order chi connectivity index (χ0) is 18.9. The predicted molar refractivity (Wildman–Crippen MR) is 109 cm³/mol. The Kier molecular flexibility index (Phi) is 3.95. The maximum Gasteiger partial charge on any atom is 0.230 e. The molecule has 2 aromatic heterocycles. The zero-order valence-corrected chi connectivity index (χ0v) is 15.0. The third-order valence-corrected chi connectivity index (χ3v) is 4.83. The number of nitrogens with zero attached hydrogens (tertiary/aromatic N) is 2. The van der Waals surface area contributed by atoms with Gasteiger partial charge in [-0.2, -0.15) is 0 Å².